The van der Waals surface area contributed by atoms with Crippen molar-refractivity contribution in [2.45, 2.75) is 25.5 Å². The first-order chi connectivity index (χ1) is 10.2. The van der Waals surface area contributed by atoms with Gasteiger partial charge >= 0.3 is 0 Å². The highest BCUT2D eigenvalue weighted by molar-refractivity contribution is 8.00. The predicted molar refractivity (Wildman–Crippen MR) is 87.6 cm³/mol. The molecule has 1 aliphatic heterocycles. The smallest absolute Gasteiger partial charge is 0.253 e. The van der Waals surface area contributed by atoms with Crippen LogP contribution in [0.4, 0.5) is 0 Å². The van der Waals surface area contributed by atoms with E-state index in [1.165, 1.54) is 0 Å². The van der Waals surface area contributed by atoms with Gasteiger partial charge in [0.2, 0.25) is 0 Å². The van der Waals surface area contributed by atoms with Gasteiger partial charge in [0.15, 0.2) is 0 Å². The summed E-state index contributed by atoms with van der Waals surface area (Å²) in [7, 11) is 0. The van der Waals surface area contributed by atoms with Gasteiger partial charge in [-0.05, 0) is 37.1 Å². The minimum absolute atomic E-state index is 0.110. The Morgan fingerprint density at radius 3 is 3.00 bits per heavy atom. The zero-order valence-corrected chi connectivity index (χ0v) is 13.4. The molecule has 0 aromatic heterocycles. The maximum absolute atomic E-state index is 12.6. The van der Waals surface area contributed by atoms with Crippen LogP contribution in [-0.4, -0.2) is 46.6 Å². The maximum Gasteiger partial charge on any atom is 0.253 e. The first kappa shape index (κ1) is 15.9. The van der Waals surface area contributed by atoms with Crippen LogP contribution >= 0.6 is 11.8 Å². The number of aliphatic hydroxyl groups excluding tert-OH is 1. The number of amides is 1. The van der Waals surface area contributed by atoms with Gasteiger partial charge in [-0.15, -0.1) is 0 Å². The molecule has 2 rings (SSSR count). The van der Waals surface area contributed by atoms with Gasteiger partial charge in [-0.25, -0.2) is 0 Å². The Kier molecular flexibility index (Phi) is 5.72. The van der Waals surface area contributed by atoms with Crippen molar-refractivity contribution in [2.75, 3.05) is 25.4 Å². The Morgan fingerprint density at radius 1 is 1.52 bits per heavy atom. The standard InChI is InChI=1S/C17H21NO2S/c1-3-16-12-18(8-10-21-16)17(20)15-7-6-14(5-4-9-19)13(2)11-15/h6-7,11,16,19H,3,8-10,12H2,1-2H3. The fraction of sp³-hybridized carbons (Fsp3) is 0.471. The van der Waals surface area contributed by atoms with Gasteiger partial charge in [0, 0.05) is 35.2 Å². The Morgan fingerprint density at radius 2 is 2.33 bits per heavy atom. The normalized spacial score (nSPS) is 18.0. The van der Waals surface area contributed by atoms with Gasteiger partial charge in [-0.1, -0.05) is 18.8 Å². The number of hydrogen-bond acceptors (Lipinski definition) is 3. The summed E-state index contributed by atoms with van der Waals surface area (Å²) in [6, 6.07) is 5.59. The van der Waals surface area contributed by atoms with Gasteiger partial charge in [0.05, 0.1) is 0 Å². The molecule has 4 heteroatoms. The molecule has 112 valence electrons. The Bertz CT molecular complexity index is 574. The van der Waals surface area contributed by atoms with Gasteiger partial charge < -0.3 is 10.0 Å². The van der Waals surface area contributed by atoms with E-state index in [4.69, 9.17) is 5.11 Å². The third-order valence-electron chi connectivity index (χ3n) is 3.66. The van der Waals surface area contributed by atoms with E-state index >= 15 is 0 Å². The number of carbonyl (C=O) groups excluding carboxylic acids is 1. The lowest BCUT2D eigenvalue weighted by molar-refractivity contribution is 0.0761. The molecule has 3 nitrogen and oxygen atoms in total. The van der Waals surface area contributed by atoms with Crippen LogP contribution in [0.25, 0.3) is 0 Å². The van der Waals surface area contributed by atoms with Crippen LogP contribution in [0.5, 0.6) is 0 Å². The van der Waals surface area contributed by atoms with Crippen molar-refractivity contribution in [3.8, 4) is 11.8 Å². The Hall–Kier alpha value is -1.44. The van der Waals surface area contributed by atoms with E-state index in [0.717, 1.165) is 42.0 Å². The molecular formula is C17H21NO2S. The second kappa shape index (κ2) is 7.53. The lowest BCUT2D eigenvalue weighted by Crippen LogP contribution is -2.41. The summed E-state index contributed by atoms with van der Waals surface area (Å²) in [4.78, 5) is 14.5. The molecule has 0 aliphatic carbocycles. The molecule has 0 spiro atoms. The van der Waals surface area contributed by atoms with Crippen LogP contribution in [0, 0.1) is 18.8 Å². The zero-order valence-electron chi connectivity index (χ0n) is 12.6. The van der Waals surface area contributed by atoms with E-state index in [1.54, 1.807) is 0 Å². The van der Waals surface area contributed by atoms with E-state index < -0.39 is 0 Å². The third kappa shape index (κ3) is 4.03. The molecule has 1 amide bonds. The third-order valence-corrected chi connectivity index (χ3v) is 5.03. The lowest BCUT2D eigenvalue weighted by atomic mass is 10.0. The molecule has 1 aromatic rings. The average molecular weight is 303 g/mol. The van der Waals surface area contributed by atoms with Crippen LogP contribution in [0.15, 0.2) is 18.2 Å². The molecule has 1 heterocycles. The van der Waals surface area contributed by atoms with Gasteiger partial charge in [0.25, 0.3) is 5.91 Å². The molecule has 0 radical (unpaired) electrons. The monoisotopic (exact) mass is 303 g/mol. The van der Waals surface area contributed by atoms with Crippen LogP contribution in [0.1, 0.15) is 34.8 Å². The van der Waals surface area contributed by atoms with Crippen molar-refractivity contribution >= 4 is 17.7 Å². The summed E-state index contributed by atoms with van der Waals surface area (Å²) >= 11 is 1.96. The number of aryl methyl sites for hydroxylation is 1. The average Bonchev–Trinajstić information content (AvgIpc) is 2.53. The number of nitrogens with zero attached hydrogens (tertiary/aromatic N) is 1. The van der Waals surface area contributed by atoms with E-state index in [1.807, 2.05) is 41.8 Å². The van der Waals surface area contributed by atoms with Crippen LogP contribution < -0.4 is 0 Å². The van der Waals surface area contributed by atoms with Crippen molar-refractivity contribution in [2.24, 2.45) is 0 Å². The second-order valence-electron chi connectivity index (χ2n) is 5.14. The quantitative estimate of drug-likeness (QED) is 0.852. The summed E-state index contributed by atoms with van der Waals surface area (Å²) in [5, 5.41) is 9.30. The van der Waals surface area contributed by atoms with E-state index in [-0.39, 0.29) is 12.5 Å². The first-order valence-electron chi connectivity index (χ1n) is 7.27. The van der Waals surface area contributed by atoms with Crippen LogP contribution in [0.3, 0.4) is 0 Å². The van der Waals surface area contributed by atoms with Crippen LogP contribution in [-0.2, 0) is 0 Å². The summed E-state index contributed by atoms with van der Waals surface area (Å²) in [5.41, 5.74) is 2.56. The van der Waals surface area contributed by atoms with Gasteiger partial charge in [0.1, 0.15) is 6.61 Å². The molecule has 1 N–H and O–H groups in total. The highest BCUT2D eigenvalue weighted by Crippen LogP contribution is 2.23. The largest absolute Gasteiger partial charge is 0.384 e. The van der Waals surface area contributed by atoms with Crippen molar-refractivity contribution in [3.63, 3.8) is 0 Å². The summed E-state index contributed by atoms with van der Waals surface area (Å²) in [6.45, 7) is 5.63. The summed E-state index contributed by atoms with van der Waals surface area (Å²) in [6.07, 6.45) is 1.10. The topological polar surface area (TPSA) is 40.5 Å². The molecule has 1 aromatic carbocycles. The number of hydrogen-bond donors (Lipinski definition) is 1. The number of rotatable bonds is 2. The molecule has 21 heavy (non-hydrogen) atoms. The number of benzene rings is 1. The fourth-order valence-electron chi connectivity index (χ4n) is 2.41. The van der Waals surface area contributed by atoms with E-state index in [2.05, 4.69) is 18.8 Å². The molecule has 1 unspecified atom stereocenters. The molecule has 0 bridgehead atoms. The predicted octanol–water partition coefficient (Wildman–Crippen LogP) is 2.31. The molecule has 1 atom stereocenters. The Labute approximate surface area is 130 Å². The number of aliphatic hydroxyl groups is 1. The minimum atomic E-state index is -0.149. The highest BCUT2D eigenvalue weighted by Gasteiger charge is 2.23. The van der Waals surface area contributed by atoms with Crippen molar-refractivity contribution in [3.05, 3.63) is 34.9 Å². The van der Waals surface area contributed by atoms with Crippen LogP contribution in [0.2, 0.25) is 0 Å². The summed E-state index contributed by atoms with van der Waals surface area (Å²) in [5.74, 6) is 6.66. The van der Waals surface area contributed by atoms with Gasteiger partial charge in [-0.2, -0.15) is 11.8 Å². The molecule has 1 saturated heterocycles. The zero-order chi connectivity index (χ0) is 15.2. The maximum atomic E-state index is 12.6. The number of carbonyl (C=O) groups is 1. The molecule has 0 saturated carbocycles. The van der Waals surface area contributed by atoms with Crippen molar-refractivity contribution in [1.82, 2.24) is 4.90 Å². The van der Waals surface area contributed by atoms with Gasteiger partial charge in [-0.3, -0.25) is 4.79 Å². The van der Waals surface area contributed by atoms with Crippen molar-refractivity contribution < 1.29 is 9.90 Å². The molecular weight excluding hydrogens is 282 g/mol. The molecule has 1 aliphatic rings. The number of thioether (sulfide) groups is 1. The van der Waals surface area contributed by atoms with Crippen molar-refractivity contribution in [1.29, 1.82) is 0 Å². The van der Waals surface area contributed by atoms with E-state index in [0.29, 0.717) is 5.25 Å². The Balaban J connectivity index is 2.14. The SMILES string of the molecule is CCC1CN(C(=O)c2ccc(C#CCO)c(C)c2)CCS1. The highest BCUT2D eigenvalue weighted by atomic mass is 32.2. The first-order valence-corrected chi connectivity index (χ1v) is 8.31. The van der Waals surface area contributed by atoms with E-state index in [9.17, 15) is 4.79 Å². The minimum Gasteiger partial charge on any atom is -0.384 e. The fourth-order valence-corrected chi connectivity index (χ4v) is 3.59. The molecule has 1 fully saturated rings. The second-order valence-corrected chi connectivity index (χ2v) is 6.55. The lowest BCUT2D eigenvalue weighted by Gasteiger charge is -2.32. The summed E-state index contributed by atoms with van der Waals surface area (Å²) < 4.78 is 0.